The molecule has 0 saturated heterocycles. The topological polar surface area (TPSA) is 75.3 Å². The average molecular weight is 266 g/mol. The Morgan fingerprint density at radius 1 is 1.42 bits per heavy atom. The zero-order valence-electron chi connectivity index (χ0n) is 10.8. The zero-order chi connectivity index (χ0) is 13.9. The van der Waals surface area contributed by atoms with Crippen LogP contribution in [0, 0.1) is 11.2 Å². The standard InChI is InChI=1S/C14H19FN2O2/c15-10-3-4-12(18)11(7-10)13(19)17-9-14(8-16)5-1-2-6-14/h3-4,7,18H,1-2,5-6,8-9,16H2,(H,17,19). The molecule has 104 valence electrons. The number of hydrogen-bond donors (Lipinski definition) is 3. The van der Waals surface area contributed by atoms with E-state index in [1.165, 1.54) is 6.07 Å². The molecule has 4 N–H and O–H groups in total. The predicted molar refractivity (Wildman–Crippen MR) is 70.4 cm³/mol. The van der Waals surface area contributed by atoms with Gasteiger partial charge in [-0.1, -0.05) is 12.8 Å². The largest absolute Gasteiger partial charge is 0.507 e. The van der Waals surface area contributed by atoms with Gasteiger partial charge in [0.25, 0.3) is 5.91 Å². The van der Waals surface area contributed by atoms with Crippen LogP contribution in [0.15, 0.2) is 18.2 Å². The fraction of sp³-hybridized carbons (Fsp3) is 0.500. The van der Waals surface area contributed by atoms with Crippen LogP contribution in [0.1, 0.15) is 36.0 Å². The molecule has 0 heterocycles. The van der Waals surface area contributed by atoms with Gasteiger partial charge in [0.2, 0.25) is 0 Å². The van der Waals surface area contributed by atoms with E-state index in [2.05, 4.69) is 5.32 Å². The maximum atomic E-state index is 13.1. The molecule has 2 rings (SSSR count). The van der Waals surface area contributed by atoms with Crippen LogP contribution in [-0.2, 0) is 0 Å². The van der Waals surface area contributed by atoms with Gasteiger partial charge in [-0.2, -0.15) is 0 Å². The molecule has 0 atom stereocenters. The fourth-order valence-corrected chi connectivity index (χ4v) is 2.63. The summed E-state index contributed by atoms with van der Waals surface area (Å²) in [6, 6.07) is 3.33. The van der Waals surface area contributed by atoms with E-state index >= 15 is 0 Å². The van der Waals surface area contributed by atoms with Gasteiger partial charge in [-0.3, -0.25) is 4.79 Å². The number of benzene rings is 1. The first-order valence-electron chi connectivity index (χ1n) is 6.53. The molecule has 4 nitrogen and oxygen atoms in total. The molecule has 0 aromatic heterocycles. The highest BCUT2D eigenvalue weighted by Gasteiger charge is 2.32. The number of amides is 1. The summed E-state index contributed by atoms with van der Waals surface area (Å²) in [6.07, 6.45) is 4.24. The molecule has 1 amide bonds. The first-order valence-corrected chi connectivity index (χ1v) is 6.53. The summed E-state index contributed by atoms with van der Waals surface area (Å²) in [6.45, 7) is 1.00. The number of halogens is 1. The van der Waals surface area contributed by atoms with Crippen LogP contribution in [0.3, 0.4) is 0 Å². The van der Waals surface area contributed by atoms with Crippen LogP contribution in [0.2, 0.25) is 0 Å². The number of hydrogen-bond acceptors (Lipinski definition) is 3. The Morgan fingerprint density at radius 2 is 2.11 bits per heavy atom. The Bertz CT molecular complexity index is 471. The second kappa shape index (κ2) is 5.57. The van der Waals surface area contributed by atoms with Crippen LogP contribution in [0.25, 0.3) is 0 Å². The van der Waals surface area contributed by atoms with Crippen molar-refractivity contribution in [1.29, 1.82) is 0 Å². The van der Waals surface area contributed by atoms with E-state index in [1.807, 2.05) is 0 Å². The zero-order valence-corrected chi connectivity index (χ0v) is 10.8. The lowest BCUT2D eigenvalue weighted by Crippen LogP contribution is -2.40. The highest BCUT2D eigenvalue weighted by atomic mass is 19.1. The van der Waals surface area contributed by atoms with E-state index in [0.717, 1.165) is 37.8 Å². The highest BCUT2D eigenvalue weighted by Crippen LogP contribution is 2.36. The Labute approximate surface area is 111 Å². The van der Waals surface area contributed by atoms with Gasteiger partial charge in [-0.05, 0) is 43.0 Å². The number of carbonyl (C=O) groups is 1. The molecule has 1 saturated carbocycles. The van der Waals surface area contributed by atoms with E-state index in [4.69, 9.17) is 5.73 Å². The third kappa shape index (κ3) is 3.04. The fourth-order valence-electron chi connectivity index (χ4n) is 2.63. The van der Waals surface area contributed by atoms with Crippen molar-refractivity contribution in [1.82, 2.24) is 5.32 Å². The van der Waals surface area contributed by atoms with Gasteiger partial charge in [0.1, 0.15) is 11.6 Å². The van der Waals surface area contributed by atoms with Gasteiger partial charge in [0, 0.05) is 6.54 Å². The van der Waals surface area contributed by atoms with Gasteiger partial charge < -0.3 is 16.2 Å². The van der Waals surface area contributed by atoms with Gasteiger partial charge >= 0.3 is 0 Å². The van der Waals surface area contributed by atoms with Crippen LogP contribution in [0.5, 0.6) is 5.75 Å². The molecule has 1 aromatic rings. The molecule has 5 heteroatoms. The van der Waals surface area contributed by atoms with Crippen molar-refractivity contribution >= 4 is 5.91 Å². The molecule has 1 aromatic carbocycles. The van der Waals surface area contributed by atoms with Gasteiger partial charge in [-0.25, -0.2) is 4.39 Å². The van der Waals surface area contributed by atoms with E-state index in [9.17, 15) is 14.3 Å². The second-order valence-corrected chi connectivity index (χ2v) is 5.26. The summed E-state index contributed by atoms with van der Waals surface area (Å²) in [5, 5.41) is 12.3. The molecule has 0 radical (unpaired) electrons. The molecule has 0 spiro atoms. The van der Waals surface area contributed by atoms with Crippen molar-refractivity contribution in [2.75, 3.05) is 13.1 Å². The number of carbonyl (C=O) groups excluding carboxylic acids is 1. The molecule has 19 heavy (non-hydrogen) atoms. The third-order valence-corrected chi connectivity index (χ3v) is 3.92. The minimum Gasteiger partial charge on any atom is -0.507 e. The van der Waals surface area contributed by atoms with Gasteiger partial charge in [0.05, 0.1) is 5.56 Å². The summed E-state index contributed by atoms with van der Waals surface area (Å²) in [7, 11) is 0. The van der Waals surface area contributed by atoms with Gasteiger partial charge in [0.15, 0.2) is 0 Å². The molecule has 1 aliphatic carbocycles. The van der Waals surface area contributed by atoms with Crippen molar-refractivity contribution in [2.45, 2.75) is 25.7 Å². The Morgan fingerprint density at radius 3 is 2.74 bits per heavy atom. The first-order chi connectivity index (χ1) is 9.06. The lowest BCUT2D eigenvalue weighted by atomic mass is 9.86. The van der Waals surface area contributed by atoms with Crippen molar-refractivity contribution in [3.05, 3.63) is 29.6 Å². The Balaban J connectivity index is 2.03. The molecule has 1 fully saturated rings. The lowest BCUT2D eigenvalue weighted by molar-refractivity contribution is 0.0929. The van der Waals surface area contributed by atoms with E-state index in [0.29, 0.717) is 13.1 Å². The summed E-state index contributed by atoms with van der Waals surface area (Å²) in [4.78, 5) is 12.0. The normalized spacial score (nSPS) is 17.4. The first kappa shape index (κ1) is 13.8. The van der Waals surface area contributed by atoms with E-state index in [-0.39, 0.29) is 16.7 Å². The third-order valence-electron chi connectivity index (χ3n) is 3.92. The smallest absolute Gasteiger partial charge is 0.255 e. The minimum absolute atomic E-state index is 0.0369. The Kier molecular flexibility index (Phi) is 4.04. The molecule has 1 aliphatic rings. The number of aromatic hydroxyl groups is 1. The molecule has 0 bridgehead atoms. The number of rotatable bonds is 4. The van der Waals surface area contributed by atoms with Crippen LogP contribution < -0.4 is 11.1 Å². The molecule has 0 aliphatic heterocycles. The second-order valence-electron chi connectivity index (χ2n) is 5.26. The average Bonchev–Trinajstić information content (AvgIpc) is 2.88. The quantitative estimate of drug-likeness (QED) is 0.777. The predicted octanol–water partition coefficient (Wildman–Crippen LogP) is 1.78. The van der Waals surface area contributed by atoms with Crippen molar-refractivity contribution in [3.63, 3.8) is 0 Å². The lowest BCUT2D eigenvalue weighted by Gasteiger charge is -2.27. The van der Waals surface area contributed by atoms with Crippen molar-refractivity contribution in [2.24, 2.45) is 11.1 Å². The monoisotopic (exact) mass is 266 g/mol. The summed E-state index contributed by atoms with van der Waals surface area (Å²) in [5.74, 6) is -1.22. The van der Waals surface area contributed by atoms with Crippen LogP contribution >= 0.6 is 0 Å². The highest BCUT2D eigenvalue weighted by molar-refractivity contribution is 5.96. The summed E-state index contributed by atoms with van der Waals surface area (Å²) >= 11 is 0. The van der Waals surface area contributed by atoms with Crippen LogP contribution in [0.4, 0.5) is 4.39 Å². The van der Waals surface area contributed by atoms with E-state index < -0.39 is 11.7 Å². The van der Waals surface area contributed by atoms with E-state index in [1.54, 1.807) is 0 Å². The minimum atomic E-state index is -0.544. The summed E-state index contributed by atoms with van der Waals surface area (Å²) < 4.78 is 13.1. The number of nitrogens with one attached hydrogen (secondary N) is 1. The van der Waals surface area contributed by atoms with Crippen molar-refractivity contribution < 1.29 is 14.3 Å². The maximum absolute atomic E-state index is 13.1. The molecular formula is C14H19FN2O2. The van der Waals surface area contributed by atoms with Crippen LogP contribution in [-0.4, -0.2) is 24.1 Å². The maximum Gasteiger partial charge on any atom is 0.255 e. The number of phenols is 1. The van der Waals surface area contributed by atoms with Crippen molar-refractivity contribution in [3.8, 4) is 5.75 Å². The molecular weight excluding hydrogens is 247 g/mol. The SMILES string of the molecule is NCC1(CNC(=O)c2cc(F)ccc2O)CCCC1. The van der Waals surface area contributed by atoms with Gasteiger partial charge in [-0.15, -0.1) is 0 Å². The Hall–Kier alpha value is -1.62. The number of nitrogens with two attached hydrogens (primary N) is 1. The summed E-state index contributed by atoms with van der Waals surface area (Å²) in [5.41, 5.74) is 5.71. The molecule has 0 unspecified atom stereocenters. The number of phenolic OH excluding ortho intramolecular Hbond substituents is 1.